The molecule has 0 atom stereocenters. The van der Waals surface area contributed by atoms with E-state index in [1.807, 2.05) is 0 Å². The maximum absolute atomic E-state index is 12.3. The van der Waals surface area contributed by atoms with Gasteiger partial charge in [0.15, 0.2) is 6.79 Å². The molecule has 0 N–H and O–H groups in total. The zero-order valence-electron chi connectivity index (χ0n) is 14.3. The summed E-state index contributed by atoms with van der Waals surface area (Å²) in [5, 5.41) is 0. The van der Waals surface area contributed by atoms with Crippen molar-refractivity contribution in [1.29, 1.82) is 0 Å². The number of methoxy groups -OCH3 is 2. The lowest BCUT2D eigenvalue weighted by Crippen LogP contribution is -2.07. The number of ether oxygens (including phenoxy) is 3. The van der Waals surface area contributed by atoms with Crippen LogP contribution in [0.15, 0.2) is 18.2 Å². The minimum absolute atomic E-state index is 0.0216. The van der Waals surface area contributed by atoms with Crippen LogP contribution in [0.3, 0.4) is 0 Å². The van der Waals surface area contributed by atoms with Crippen LogP contribution in [-0.4, -0.2) is 40.2 Å². The van der Waals surface area contributed by atoms with Crippen molar-refractivity contribution < 1.29 is 37.1 Å². The van der Waals surface area contributed by atoms with Crippen LogP contribution < -0.4 is 4.74 Å². The fourth-order valence-electron chi connectivity index (χ4n) is 1.75. The topological polar surface area (TPSA) is 89.5 Å². The number of hydrogen-bond acceptors (Lipinski definition) is 8. The molecule has 8 nitrogen and oxygen atoms in total. The second-order valence-electron chi connectivity index (χ2n) is 4.42. The Morgan fingerprint density at radius 3 is 2.29 bits per heavy atom. The fraction of sp³-hybridized carbons (Fsp3) is 0.533. The predicted molar refractivity (Wildman–Crippen MR) is 85.9 cm³/mol. The molecule has 0 radical (unpaired) electrons. The standard InChI is InChI=1S/C15H23O8P/c1-5-21-24(17,22-6-2)23-10-13-8-7-12(15(16)19-4)9-14(13)20-11-18-3/h7-9H,5-6,10-11H2,1-4H3. The van der Waals surface area contributed by atoms with Crippen molar-refractivity contribution in [2.75, 3.05) is 34.2 Å². The van der Waals surface area contributed by atoms with E-state index in [0.717, 1.165) is 0 Å². The summed E-state index contributed by atoms with van der Waals surface area (Å²) in [6, 6.07) is 4.66. The molecular formula is C15H23O8P. The van der Waals surface area contributed by atoms with Crippen LogP contribution in [0.4, 0.5) is 0 Å². The average molecular weight is 362 g/mol. The van der Waals surface area contributed by atoms with E-state index in [0.29, 0.717) is 16.9 Å². The molecule has 1 aromatic rings. The van der Waals surface area contributed by atoms with Gasteiger partial charge in [-0.15, -0.1) is 0 Å². The van der Waals surface area contributed by atoms with Gasteiger partial charge >= 0.3 is 13.8 Å². The number of rotatable bonds is 11. The SMILES string of the molecule is CCOP(=O)(OCC)OCc1ccc(C(=O)OC)cc1OCOC. The zero-order valence-corrected chi connectivity index (χ0v) is 15.2. The van der Waals surface area contributed by atoms with E-state index in [4.69, 9.17) is 23.0 Å². The van der Waals surface area contributed by atoms with Crippen LogP contribution in [-0.2, 0) is 34.2 Å². The molecule has 0 fully saturated rings. The van der Waals surface area contributed by atoms with Crippen LogP contribution >= 0.6 is 7.82 Å². The Morgan fingerprint density at radius 2 is 1.75 bits per heavy atom. The molecule has 9 heteroatoms. The van der Waals surface area contributed by atoms with E-state index in [1.54, 1.807) is 26.0 Å². The Hall–Kier alpha value is -1.44. The van der Waals surface area contributed by atoms with Gasteiger partial charge in [-0.1, -0.05) is 6.07 Å². The quantitative estimate of drug-likeness (QED) is 0.337. The summed E-state index contributed by atoms with van der Waals surface area (Å²) >= 11 is 0. The second kappa shape index (κ2) is 10.4. The lowest BCUT2D eigenvalue weighted by molar-refractivity contribution is 0.0483. The number of phosphoric acid groups is 1. The van der Waals surface area contributed by atoms with Crippen LogP contribution in [0.1, 0.15) is 29.8 Å². The van der Waals surface area contributed by atoms with Crippen molar-refractivity contribution in [2.45, 2.75) is 20.5 Å². The molecule has 0 aliphatic heterocycles. The molecule has 0 aliphatic carbocycles. The third-order valence-electron chi connectivity index (χ3n) is 2.77. The van der Waals surface area contributed by atoms with Gasteiger partial charge in [0.25, 0.3) is 0 Å². The molecule has 0 aliphatic rings. The van der Waals surface area contributed by atoms with E-state index < -0.39 is 13.8 Å². The maximum atomic E-state index is 12.3. The molecule has 0 saturated carbocycles. The minimum Gasteiger partial charge on any atom is -0.467 e. The van der Waals surface area contributed by atoms with Gasteiger partial charge in [0.1, 0.15) is 5.75 Å². The Kier molecular flexibility index (Phi) is 8.95. The third kappa shape index (κ3) is 6.22. The number of carbonyl (C=O) groups excluding carboxylic acids is 1. The molecule has 0 saturated heterocycles. The van der Waals surface area contributed by atoms with Gasteiger partial charge in [-0.25, -0.2) is 9.36 Å². The van der Waals surface area contributed by atoms with Crippen molar-refractivity contribution in [3.63, 3.8) is 0 Å². The average Bonchev–Trinajstić information content (AvgIpc) is 2.58. The first kappa shape index (κ1) is 20.6. The number of carbonyl (C=O) groups is 1. The number of hydrogen-bond donors (Lipinski definition) is 0. The van der Waals surface area contributed by atoms with E-state index in [9.17, 15) is 9.36 Å². The number of benzene rings is 1. The maximum Gasteiger partial charge on any atom is 0.475 e. The first-order valence-electron chi connectivity index (χ1n) is 7.36. The fourth-order valence-corrected chi connectivity index (χ4v) is 2.91. The molecule has 0 amide bonds. The molecule has 24 heavy (non-hydrogen) atoms. The summed E-state index contributed by atoms with van der Waals surface area (Å²) in [6.45, 7) is 3.64. The van der Waals surface area contributed by atoms with Gasteiger partial charge in [0, 0.05) is 12.7 Å². The smallest absolute Gasteiger partial charge is 0.467 e. The van der Waals surface area contributed by atoms with E-state index >= 15 is 0 Å². The summed E-state index contributed by atoms with van der Waals surface area (Å²) < 4.78 is 42.7. The van der Waals surface area contributed by atoms with E-state index in [-0.39, 0.29) is 26.6 Å². The van der Waals surface area contributed by atoms with Crippen molar-refractivity contribution in [3.8, 4) is 5.75 Å². The largest absolute Gasteiger partial charge is 0.475 e. The second-order valence-corrected chi connectivity index (χ2v) is 6.09. The van der Waals surface area contributed by atoms with Gasteiger partial charge in [-0.2, -0.15) is 0 Å². The normalized spacial score (nSPS) is 11.3. The van der Waals surface area contributed by atoms with Crippen LogP contribution in [0, 0.1) is 0 Å². The first-order chi connectivity index (χ1) is 11.5. The van der Waals surface area contributed by atoms with E-state index in [2.05, 4.69) is 4.74 Å². The highest BCUT2D eigenvalue weighted by Crippen LogP contribution is 2.50. The molecular weight excluding hydrogens is 339 g/mol. The molecule has 0 bridgehead atoms. The highest BCUT2D eigenvalue weighted by Gasteiger charge is 2.26. The summed E-state index contributed by atoms with van der Waals surface area (Å²) in [5.41, 5.74) is 0.865. The Morgan fingerprint density at radius 1 is 1.08 bits per heavy atom. The van der Waals surface area contributed by atoms with E-state index in [1.165, 1.54) is 20.3 Å². The Labute approximate surface area is 141 Å². The molecule has 136 valence electrons. The Balaban J connectivity index is 2.95. The molecule has 0 aromatic heterocycles. The lowest BCUT2D eigenvalue weighted by Gasteiger charge is -2.18. The van der Waals surface area contributed by atoms with Gasteiger partial charge in [-0.3, -0.25) is 13.6 Å². The van der Waals surface area contributed by atoms with Crippen molar-refractivity contribution in [3.05, 3.63) is 29.3 Å². The van der Waals surface area contributed by atoms with Crippen LogP contribution in [0.5, 0.6) is 5.75 Å². The zero-order chi connectivity index (χ0) is 18.0. The highest BCUT2D eigenvalue weighted by molar-refractivity contribution is 7.48. The summed E-state index contributed by atoms with van der Waals surface area (Å²) in [6.07, 6.45) is 0. The molecule has 0 heterocycles. The van der Waals surface area contributed by atoms with Gasteiger partial charge < -0.3 is 14.2 Å². The van der Waals surface area contributed by atoms with Crippen molar-refractivity contribution in [2.24, 2.45) is 0 Å². The molecule has 1 aromatic carbocycles. The summed E-state index contributed by atoms with van der Waals surface area (Å²) in [5.74, 6) is -0.154. The first-order valence-corrected chi connectivity index (χ1v) is 8.82. The summed E-state index contributed by atoms with van der Waals surface area (Å²) in [4.78, 5) is 11.6. The molecule has 0 spiro atoms. The van der Waals surface area contributed by atoms with Crippen LogP contribution in [0.25, 0.3) is 0 Å². The van der Waals surface area contributed by atoms with Gasteiger partial charge in [-0.05, 0) is 26.0 Å². The monoisotopic (exact) mass is 362 g/mol. The van der Waals surface area contributed by atoms with Crippen molar-refractivity contribution in [1.82, 2.24) is 0 Å². The number of esters is 1. The third-order valence-corrected chi connectivity index (χ3v) is 4.37. The molecule has 1 rings (SSSR count). The van der Waals surface area contributed by atoms with Crippen molar-refractivity contribution >= 4 is 13.8 Å². The summed E-state index contributed by atoms with van der Waals surface area (Å²) in [7, 11) is -0.888. The van der Waals surface area contributed by atoms with Gasteiger partial charge in [0.2, 0.25) is 0 Å². The lowest BCUT2D eigenvalue weighted by atomic mass is 10.1. The van der Waals surface area contributed by atoms with Crippen LogP contribution in [0.2, 0.25) is 0 Å². The Bertz CT molecular complexity index is 565. The highest BCUT2D eigenvalue weighted by atomic mass is 31.2. The molecule has 0 unspecified atom stereocenters. The van der Waals surface area contributed by atoms with Gasteiger partial charge in [0.05, 0.1) is 32.5 Å². The number of phosphoric ester groups is 1. The minimum atomic E-state index is -3.65. The predicted octanol–water partition coefficient (Wildman–Crippen LogP) is 3.15.